The maximum absolute atomic E-state index is 8.67. The van der Waals surface area contributed by atoms with E-state index in [9.17, 15) is 0 Å². The molecule has 1 rings (SSSR count). The van der Waals surface area contributed by atoms with Crippen molar-refractivity contribution in [1.29, 1.82) is 5.26 Å². The van der Waals surface area contributed by atoms with Gasteiger partial charge in [0.15, 0.2) is 0 Å². The number of rotatable bonds is 2. The van der Waals surface area contributed by atoms with Crippen LogP contribution in [0.25, 0.3) is 0 Å². The van der Waals surface area contributed by atoms with E-state index in [4.69, 9.17) is 16.9 Å². The predicted octanol–water partition coefficient (Wildman–Crippen LogP) is 3.05. The summed E-state index contributed by atoms with van der Waals surface area (Å²) in [4.78, 5) is 0. The Labute approximate surface area is 77.6 Å². The smallest absolute Gasteiger partial charge is 0.0700 e. The van der Waals surface area contributed by atoms with Crippen LogP contribution in [0.5, 0.6) is 0 Å². The van der Waals surface area contributed by atoms with Crippen LogP contribution in [0, 0.1) is 11.3 Å². The molecule has 0 saturated heterocycles. The maximum Gasteiger partial charge on any atom is 0.0700 e. The van der Waals surface area contributed by atoms with Gasteiger partial charge in [0.25, 0.3) is 0 Å². The van der Waals surface area contributed by atoms with Gasteiger partial charge in [-0.3, -0.25) is 0 Å². The molecule has 0 aliphatic heterocycles. The highest BCUT2D eigenvalue weighted by Gasteiger charge is 2.02. The zero-order valence-corrected chi connectivity index (χ0v) is 7.67. The molecule has 62 valence electrons. The zero-order chi connectivity index (χ0) is 8.97. The first-order valence-electron chi connectivity index (χ1n) is 3.82. The molecule has 0 aliphatic rings. The average Bonchev–Trinajstić information content (AvgIpc) is 2.17. The van der Waals surface area contributed by atoms with Gasteiger partial charge in [-0.25, -0.2) is 0 Å². The first-order chi connectivity index (χ1) is 5.77. The lowest BCUT2D eigenvalue weighted by molar-refractivity contribution is 0.978. The molecule has 2 heteroatoms. The molecular weight excluding hydrogens is 170 g/mol. The van der Waals surface area contributed by atoms with E-state index in [-0.39, 0.29) is 5.92 Å². The second kappa shape index (κ2) is 4.13. The van der Waals surface area contributed by atoms with Crippen LogP contribution in [-0.2, 0) is 5.88 Å². The monoisotopic (exact) mass is 179 g/mol. The topological polar surface area (TPSA) is 23.8 Å². The zero-order valence-electron chi connectivity index (χ0n) is 6.92. The normalized spacial score (nSPS) is 12.1. The molecule has 0 aromatic heterocycles. The number of nitrogens with zero attached hydrogens (tertiary/aromatic N) is 1. The van der Waals surface area contributed by atoms with E-state index in [1.807, 2.05) is 31.2 Å². The molecule has 0 bridgehead atoms. The van der Waals surface area contributed by atoms with Gasteiger partial charge in [0.2, 0.25) is 0 Å². The molecular formula is C10H10ClN. The Hall–Kier alpha value is -1.00. The van der Waals surface area contributed by atoms with Crippen molar-refractivity contribution >= 4 is 11.6 Å². The third-order valence-electron chi connectivity index (χ3n) is 1.80. The lowest BCUT2D eigenvalue weighted by Gasteiger charge is -2.03. The summed E-state index contributed by atoms with van der Waals surface area (Å²) in [5, 5.41) is 8.67. The summed E-state index contributed by atoms with van der Waals surface area (Å²) in [5.74, 6) is 0.458. The largest absolute Gasteiger partial charge is 0.198 e. The van der Waals surface area contributed by atoms with Crippen LogP contribution in [0.3, 0.4) is 0 Å². The summed E-state index contributed by atoms with van der Waals surface area (Å²) in [6.07, 6.45) is 0. The standard InChI is InChI=1S/C10H10ClN/c1-8(7-12)10-4-2-3-9(5-10)6-11/h2-5,8H,6H2,1H3. The summed E-state index contributed by atoms with van der Waals surface area (Å²) in [6.45, 7) is 1.88. The molecule has 1 nitrogen and oxygen atoms in total. The van der Waals surface area contributed by atoms with Crippen molar-refractivity contribution in [3.63, 3.8) is 0 Å². The quantitative estimate of drug-likeness (QED) is 0.641. The number of benzene rings is 1. The Bertz CT molecular complexity index is 301. The van der Waals surface area contributed by atoms with Crippen molar-refractivity contribution in [2.75, 3.05) is 0 Å². The highest BCUT2D eigenvalue weighted by Crippen LogP contribution is 2.16. The molecule has 0 aliphatic carbocycles. The Morgan fingerprint density at radius 1 is 1.58 bits per heavy atom. The summed E-state index contributed by atoms with van der Waals surface area (Å²) < 4.78 is 0. The fourth-order valence-corrected chi connectivity index (χ4v) is 1.19. The van der Waals surface area contributed by atoms with E-state index in [0.29, 0.717) is 5.88 Å². The van der Waals surface area contributed by atoms with Crippen LogP contribution in [0.2, 0.25) is 0 Å². The molecule has 0 amide bonds. The summed E-state index contributed by atoms with van der Waals surface area (Å²) in [6, 6.07) is 10.0. The summed E-state index contributed by atoms with van der Waals surface area (Å²) in [7, 11) is 0. The molecule has 12 heavy (non-hydrogen) atoms. The second-order valence-corrected chi connectivity index (χ2v) is 3.00. The average molecular weight is 180 g/mol. The van der Waals surface area contributed by atoms with Crippen LogP contribution in [-0.4, -0.2) is 0 Å². The molecule has 1 aromatic rings. The molecule has 0 fully saturated rings. The maximum atomic E-state index is 8.67. The van der Waals surface area contributed by atoms with E-state index in [2.05, 4.69) is 6.07 Å². The first kappa shape index (κ1) is 9.09. The Morgan fingerprint density at radius 3 is 2.92 bits per heavy atom. The van der Waals surface area contributed by atoms with Gasteiger partial charge in [-0.1, -0.05) is 24.3 Å². The van der Waals surface area contributed by atoms with Crippen molar-refractivity contribution in [1.82, 2.24) is 0 Å². The molecule has 1 atom stereocenters. The summed E-state index contributed by atoms with van der Waals surface area (Å²) >= 11 is 5.66. The fourth-order valence-electron chi connectivity index (χ4n) is 1.02. The van der Waals surface area contributed by atoms with Crippen molar-refractivity contribution < 1.29 is 0 Å². The molecule has 0 N–H and O–H groups in total. The number of hydrogen-bond acceptors (Lipinski definition) is 1. The van der Waals surface area contributed by atoms with Gasteiger partial charge in [-0.15, -0.1) is 11.6 Å². The number of alkyl halides is 1. The van der Waals surface area contributed by atoms with Gasteiger partial charge >= 0.3 is 0 Å². The van der Waals surface area contributed by atoms with Gasteiger partial charge in [0, 0.05) is 5.88 Å². The third kappa shape index (κ3) is 1.99. The highest BCUT2D eigenvalue weighted by atomic mass is 35.5. The van der Waals surface area contributed by atoms with E-state index in [1.165, 1.54) is 0 Å². The molecule has 1 unspecified atom stereocenters. The molecule has 0 saturated carbocycles. The van der Waals surface area contributed by atoms with E-state index in [1.54, 1.807) is 0 Å². The highest BCUT2D eigenvalue weighted by molar-refractivity contribution is 6.17. The van der Waals surface area contributed by atoms with Gasteiger partial charge in [0.1, 0.15) is 0 Å². The molecule has 0 heterocycles. The lowest BCUT2D eigenvalue weighted by atomic mass is 10.0. The van der Waals surface area contributed by atoms with Gasteiger partial charge in [-0.05, 0) is 18.1 Å². The van der Waals surface area contributed by atoms with Crippen molar-refractivity contribution in [3.05, 3.63) is 35.4 Å². The SMILES string of the molecule is CC(C#N)c1cccc(CCl)c1. The van der Waals surface area contributed by atoms with Gasteiger partial charge in [0.05, 0.1) is 12.0 Å². The van der Waals surface area contributed by atoms with Crippen molar-refractivity contribution in [2.24, 2.45) is 0 Å². The minimum absolute atomic E-state index is 0.0480. The van der Waals surface area contributed by atoms with Gasteiger partial charge < -0.3 is 0 Å². The van der Waals surface area contributed by atoms with Crippen LogP contribution in [0.1, 0.15) is 24.0 Å². The van der Waals surface area contributed by atoms with Crippen molar-refractivity contribution in [3.8, 4) is 6.07 Å². The molecule has 0 radical (unpaired) electrons. The Morgan fingerprint density at radius 2 is 2.33 bits per heavy atom. The Balaban J connectivity index is 2.95. The Kier molecular flexibility index (Phi) is 3.13. The van der Waals surface area contributed by atoms with E-state index in [0.717, 1.165) is 11.1 Å². The fraction of sp³-hybridized carbons (Fsp3) is 0.300. The van der Waals surface area contributed by atoms with Crippen LogP contribution >= 0.6 is 11.6 Å². The number of halogens is 1. The van der Waals surface area contributed by atoms with Gasteiger partial charge in [-0.2, -0.15) is 5.26 Å². The summed E-state index contributed by atoms with van der Waals surface area (Å²) in [5.41, 5.74) is 2.10. The van der Waals surface area contributed by atoms with Crippen LogP contribution < -0.4 is 0 Å². The third-order valence-corrected chi connectivity index (χ3v) is 2.11. The van der Waals surface area contributed by atoms with E-state index >= 15 is 0 Å². The lowest BCUT2D eigenvalue weighted by Crippen LogP contribution is -1.90. The van der Waals surface area contributed by atoms with Crippen molar-refractivity contribution in [2.45, 2.75) is 18.7 Å². The van der Waals surface area contributed by atoms with E-state index < -0.39 is 0 Å². The van der Waals surface area contributed by atoms with Crippen LogP contribution in [0.15, 0.2) is 24.3 Å². The molecule has 1 aromatic carbocycles. The minimum Gasteiger partial charge on any atom is -0.198 e. The minimum atomic E-state index is -0.0480. The number of hydrogen-bond donors (Lipinski definition) is 0. The predicted molar refractivity (Wildman–Crippen MR) is 50.0 cm³/mol. The molecule has 0 spiro atoms. The second-order valence-electron chi connectivity index (χ2n) is 2.73. The first-order valence-corrected chi connectivity index (χ1v) is 4.36. The number of nitriles is 1. The van der Waals surface area contributed by atoms with Crippen LogP contribution in [0.4, 0.5) is 0 Å².